The normalized spacial score (nSPS) is 18.9. The van der Waals surface area contributed by atoms with Crippen LogP contribution in [0.25, 0.3) is 0 Å². The number of aliphatic carboxylic acids is 1. The highest BCUT2D eigenvalue weighted by Gasteiger charge is 2.20. The predicted molar refractivity (Wildman–Crippen MR) is 67.1 cm³/mol. The second-order valence-electron chi connectivity index (χ2n) is 4.00. The van der Waals surface area contributed by atoms with E-state index in [0.29, 0.717) is 5.57 Å². The molecule has 0 bridgehead atoms. The molecule has 0 radical (unpaired) electrons. The zero-order valence-corrected chi connectivity index (χ0v) is 10.4. The molecule has 16 heavy (non-hydrogen) atoms. The van der Waals surface area contributed by atoms with E-state index in [1.165, 1.54) is 0 Å². The van der Waals surface area contributed by atoms with Crippen LogP contribution in [0.15, 0.2) is 36.0 Å². The smallest absolute Gasteiger partial charge is 0.325 e. The molecule has 0 aromatic rings. The topological polar surface area (TPSA) is 63.3 Å². The van der Waals surface area contributed by atoms with E-state index in [1.54, 1.807) is 6.08 Å². The molecule has 1 aliphatic rings. The van der Waals surface area contributed by atoms with Gasteiger partial charge in [-0.25, -0.2) is 0 Å². The Morgan fingerprint density at radius 3 is 2.44 bits per heavy atom. The SMILES string of the molecule is CC.CC1(C)C=CC=CC(C(N)C(=O)O)=C1. The van der Waals surface area contributed by atoms with Gasteiger partial charge >= 0.3 is 5.97 Å². The van der Waals surface area contributed by atoms with Crippen LogP contribution in [0.2, 0.25) is 0 Å². The van der Waals surface area contributed by atoms with Crippen molar-refractivity contribution in [3.63, 3.8) is 0 Å². The first kappa shape index (κ1) is 14.6. The Kier molecular flexibility index (Phi) is 5.75. The van der Waals surface area contributed by atoms with Gasteiger partial charge < -0.3 is 10.8 Å². The molecule has 0 heterocycles. The standard InChI is InChI=1S/C11H15NO2.C2H6/c1-11(2)6-4-3-5-8(7-11)9(12)10(13)14;1-2/h3-7,9H,12H2,1-2H3,(H,13,14);1-2H3. The maximum Gasteiger partial charge on any atom is 0.325 e. The highest BCUT2D eigenvalue weighted by molar-refractivity contribution is 5.78. The van der Waals surface area contributed by atoms with E-state index in [9.17, 15) is 4.79 Å². The third-order valence-electron chi connectivity index (χ3n) is 2.09. The zero-order chi connectivity index (χ0) is 12.8. The summed E-state index contributed by atoms with van der Waals surface area (Å²) in [6.07, 6.45) is 9.34. The van der Waals surface area contributed by atoms with Crippen molar-refractivity contribution < 1.29 is 9.90 Å². The van der Waals surface area contributed by atoms with Crippen molar-refractivity contribution in [1.29, 1.82) is 0 Å². The third kappa shape index (κ3) is 4.45. The van der Waals surface area contributed by atoms with Gasteiger partial charge in [0.15, 0.2) is 0 Å². The molecular formula is C13H21NO2. The average molecular weight is 223 g/mol. The molecular weight excluding hydrogens is 202 g/mol. The van der Waals surface area contributed by atoms with E-state index in [2.05, 4.69) is 0 Å². The Labute approximate surface area is 97.3 Å². The van der Waals surface area contributed by atoms with Crippen molar-refractivity contribution in [2.75, 3.05) is 0 Å². The van der Waals surface area contributed by atoms with Crippen LogP contribution in [0.5, 0.6) is 0 Å². The van der Waals surface area contributed by atoms with Crippen molar-refractivity contribution in [3.05, 3.63) is 36.0 Å². The van der Waals surface area contributed by atoms with Crippen LogP contribution < -0.4 is 5.73 Å². The summed E-state index contributed by atoms with van der Waals surface area (Å²) in [5.74, 6) is -1.00. The second-order valence-corrected chi connectivity index (χ2v) is 4.00. The van der Waals surface area contributed by atoms with Crippen LogP contribution in [0.1, 0.15) is 27.7 Å². The van der Waals surface area contributed by atoms with Crippen molar-refractivity contribution in [2.45, 2.75) is 33.7 Å². The monoisotopic (exact) mass is 223 g/mol. The second kappa shape index (κ2) is 6.28. The maximum atomic E-state index is 10.7. The van der Waals surface area contributed by atoms with Crippen LogP contribution in [-0.2, 0) is 4.79 Å². The molecule has 0 spiro atoms. The molecule has 0 fully saturated rings. The Balaban J connectivity index is 0.00000106. The molecule has 1 rings (SSSR count). The van der Waals surface area contributed by atoms with E-state index < -0.39 is 12.0 Å². The van der Waals surface area contributed by atoms with Gasteiger partial charge in [-0.05, 0) is 5.57 Å². The fourth-order valence-corrected chi connectivity index (χ4v) is 1.33. The maximum absolute atomic E-state index is 10.7. The van der Waals surface area contributed by atoms with Gasteiger partial charge in [0.25, 0.3) is 0 Å². The molecule has 0 amide bonds. The number of carboxylic acids is 1. The van der Waals surface area contributed by atoms with Gasteiger partial charge in [0, 0.05) is 5.41 Å². The van der Waals surface area contributed by atoms with Gasteiger partial charge in [-0.1, -0.05) is 58.1 Å². The van der Waals surface area contributed by atoms with Gasteiger partial charge in [0.1, 0.15) is 6.04 Å². The lowest BCUT2D eigenvalue weighted by Gasteiger charge is -2.16. The van der Waals surface area contributed by atoms with Gasteiger partial charge in [0.2, 0.25) is 0 Å². The molecule has 0 aromatic heterocycles. The van der Waals surface area contributed by atoms with Gasteiger partial charge in [-0.2, -0.15) is 0 Å². The molecule has 90 valence electrons. The lowest BCUT2D eigenvalue weighted by Crippen LogP contribution is -2.32. The van der Waals surface area contributed by atoms with E-state index >= 15 is 0 Å². The number of hydrogen-bond acceptors (Lipinski definition) is 2. The van der Waals surface area contributed by atoms with Crippen LogP contribution in [0.3, 0.4) is 0 Å². The van der Waals surface area contributed by atoms with E-state index in [-0.39, 0.29) is 5.41 Å². The highest BCUT2D eigenvalue weighted by atomic mass is 16.4. The number of carboxylic acid groups (broad SMARTS) is 1. The molecule has 3 nitrogen and oxygen atoms in total. The molecule has 3 heteroatoms. The summed E-state index contributed by atoms with van der Waals surface area (Å²) in [7, 11) is 0. The highest BCUT2D eigenvalue weighted by Crippen LogP contribution is 2.24. The Morgan fingerprint density at radius 2 is 1.94 bits per heavy atom. The Hall–Kier alpha value is -1.35. The number of carbonyl (C=O) groups is 1. The first-order chi connectivity index (χ1) is 7.42. The molecule has 0 aliphatic heterocycles. The van der Waals surface area contributed by atoms with Gasteiger partial charge in [0.05, 0.1) is 0 Å². The summed E-state index contributed by atoms with van der Waals surface area (Å²) in [4.78, 5) is 10.7. The molecule has 1 unspecified atom stereocenters. The summed E-state index contributed by atoms with van der Waals surface area (Å²) >= 11 is 0. The van der Waals surface area contributed by atoms with Crippen molar-refractivity contribution in [3.8, 4) is 0 Å². The average Bonchev–Trinajstić information content (AvgIpc) is 2.41. The van der Waals surface area contributed by atoms with E-state index in [0.717, 1.165) is 0 Å². The van der Waals surface area contributed by atoms with Gasteiger partial charge in [-0.3, -0.25) is 4.79 Å². The van der Waals surface area contributed by atoms with Crippen LogP contribution in [0, 0.1) is 5.41 Å². The minimum atomic E-state index is -1.00. The lowest BCUT2D eigenvalue weighted by atomic mass is 9.90. The summed E-state index contributed by atoms with van der Waals surface area (Å²) < 4.78 is 0. The van der Waals surface area contributed by atoms with Crippen molar-refractivity contribution >= 4 is 5.97 Å². The predicted octanol–water partition coefficient (Wildman–Crippen LogP) is 2.50. The van der Waals surface area contributed by atoms with E-state index in [4.69, 9.17) is 10.8 Å². The zero-order valence-electron chi connectivity index (χ0n) is 10.4. The first-order valence-electron chi connectivity index (χ1n) is 5.49. The fraction of sp³-hybridized carbons (Fsp3) is 0.462. The number of hydrogen-bond donors (Lipinski definition) is 2. The molecule has 0 aromatic carbocycles. The number of rotatable bonds is 2. The molecule has 3 N–H and O–H groups in total. The summed E-state index contributed by atoms with van der Waals surface area (Å²) in [5.41, 5.74) is 6.03. The lowest BCUT2D eigenvalue weighted by molar-refractivity contribution is -0.137. The quantitative estimate of drug-likeness (QED) is 0.756. The minimum absolute atomic E-state index is 0.147. The van der Waals surface area contributed by atoms with Crippen LogP contribution >= 0.6 is 0 Å². The Bertz CT molecular complexity index is 325. The van der Waals surface area contributed by atoms with Crippen LogP contribution in [0.4, 0.5) is 0 Å². The molecule has 0 saturated carbocycles. The summed E-state index contributed by atoms with van der Waals surface area (Å²) in [6, 6.07) is -0.939. The van der Waals surface area contributed by atoms with Crippen LogP contribution in [-0.4, -0.2) is 17.1 Å². The largest absolute Gasteiger partial charge is 0.480 e. The Morgan fingerprint density at radius 1 is 1.38 bits per heavy atom. The first-order valence-corrected chi connectivity index (χ1v) is 5.49. The molecule has 1 atom stereocenters. The third-order valence-corrected chi connectivity index (χ3v) is 2.09. The van der Waals surface area contributed by atoms with Crippen molar-refractivity contribution in [1.82, 2.24) is 0 Å². The number of allylic oxidation sites excluding steroid dienone is 4. The fourth-order valence-electron chi connectivity index (χ4n) is 1.33. The number of nitrogens with two attached hydrogens (primary N) is 1. The van der Waals surface area contributed by atoms with Gasteiger partial charge in [-0.15, -0.1) is 0 Å². The minimum Gasteiger partial charge on any atom is -0.480 e. The molecule has 0 saturated heterocycles. The molecule has 1 aliphatic carbocycles. The summed E-state index contributed by atoms with van der Waals surface area (Å²) in [6.45, 7) is 8.01. The summed E-state index contributed by atoms with van der Waals surface area (Å²) in [5, 5.41) is 8.78. The van der Waals surface area contributed by atoms with Crippen molar-refractivity contribution in [2.24, 2.45) is 11.1 Å². The van der Waals surface area contributed by atoms with E-state index in [1.807, 2.05) is 52.0 Å².